The molecule has 19 heavy (non-hydrogen) atoms. The Bertz CT molecular complexity index is 588. The van der Waals surface area contributed by atoms with Gasteiger partial charge >= 0.3 is 0 Å². The summed E-state index contributed by atoms with van der Waals surface area (Å²) in [6.07, 6.45) is 5.02. The Morgan fingerprint density at radius 3 is 2.95 bits per heavy atom. The summed E-state index contributed by atoms with van der Waals surface area (Å²) < 4.78 is 5.23. The van der Waals surface area contributed by atoms with Crippen LogP contribution in [0.4, 0.5) is 0 Å². The van der Waals surface area contributed by atoms with Crippen molar-refractivity contribution in [3.63, 3.8) is 0 Å². The average molecular weight is 257 g/mol. The molecule has 0 atom stereocenters. The van der Waals surface area contributed by atoms with Crippen molar-refractivity contribution in [2.24, 2.45) is 0 Å². The van der Waals surface area contributed by atoms with Crippen LogP contribution in [0.2, 0.25) is 0 Å². The summed E-state index contributed by atoms with van der Waals surface area (Å²) in [5.41, 5.74) is 1.39. The molecule has 0 spiro atoms. The van der Waals surface area contributed by atoms with E-state index in [-0.39, 0.29) is 11.4 Å². The van der Waals surface area contributed by atoms with E-state index in [1.165, 1.54) is 6.20 Å². The van der Waals surface area contributed by atoms with Crippen LogP contribution in [-0.2, 0) is 5.54 Å². The van der Waals surface area contributed by atoms with Gasteiger partial charge in [0, 0.05) is 6.20 Å². The standard InChI is InChI=1S/C14H15N3O2/c1-19-12-4-2-3-11(7-12)14(5-6-14)17-13(18)10-8-15-16-9-10/h2-4,7-9H,5-6H2,1H3,(H,15,16)(H,17,18). The van der Waals surface area contributed by atoms with Crippen LogP contribution in [-0.4, -0.2) is 23.2 Å². The Labute approximate surface area is 111 Å². The summed E-state index contributed by atoms with van der Waals surface area (Å²) >= 11 is 0. The zero-order chi connectivity index (χ0) is 13.3. The lowest BCUT2D eigenvalue weighted by atomic mass is 10.0. The minimum absolute atomic E-state index is 0.103. The number of ether oxygens (including phenoxy) is 1. The molecule has 3 rings (SSSR count). The largest absolute Gasteiger partial charge is 0.497 e. The Kier molecular flexibility index (Phi) is 2.74. The number of methoxy groups -OCH3 is 1. The van der Waals surface area contributed by atoms with Crippen molar-refractivity contribution >= 4 is 5.91 Å². The van der Waals surface area contributed by atoms with E-state index >= 15 is 0 Å². The second-order valence-corrected chi connectivity index (χ2v) is 4.76. The van der Waals surface area contributed by atoms with Crippen LogP contribution in [0.3, 0.4) is 0 Å². The van der Waals surface area contributed by atoms with E-state index in [1.54, 1.807) is 13.3 Å². The smallest absolute Gasteiger partial charge is 0.255 e. The van der Waals surface area contributed by atoms with Crippen LogP contribution < -0.4 is 10.1 Å². The first-order valence-corrected chi connectivity index (χ1v) is 6.19. The topological polar surface area (TPSA) is 67.0 Å². The molecule has 5 nitrogen and oxygen atoms in total. The number of aromatic nitrogens is 2. The Hall–Kier alpha value is -2.30. The third kappa shape index (κ3) is 2.19. The summed E-state index contributed by atoms with van der Waals surface area (Å²) in [4.78, 5) is 12.1. The van der Waals surface area contributed by atoms with E-state index in [4.69, 9.17) is 4.74 Å². The number of rotatable bonds is 4. The molecule has 1 aliphatic rings. The molecule has 1 saturated carbocycles. The first-order chi connectivity index (χ1) is 9.23. The molecular weight excluding hydrogens is 242 g/mol. The fraction of sp³-hybridized carbons (Fsp3) is 0.286. The van der Waals surface area contributed by atoms with Gasteiger partial charge in [0.1, 0.15) is 5.75 Å². The summed E-state index contributed by atoms with van der Waals surface area (Å²) in [5, 5.41) is 9.51. The van der Waals surface area contributed by atoms with Gasteiger partial charge in [-0.3, -0.25) is 9.89 Å². The molecular formula is C14H15N3O2. The highest BCUT2D eigenvalue weighted by Gasteiger charge is 2.46. The maximum atomic E-state index is 12.1. The summed E-state index contributed by atoms with van der Waals surface area (Å²) in [6.45, 7) is 0. The van der Waals surface area contributed by atoms with Crippen LogP contribution in [0.25, 0.3) is 0 Å². The predicted molar refractivity (Wildman–Crippen MR) is 70.0 cm³/mol. The van der Waals surface area contributed by atoms with Crippen LogP contribution in [0.1, 0.15) is 28.8 Å². The molecule has 98 valence electrons. The molecule has 0 unspecified atom stereocenters. The Morgan fingerprint density at radius 2 is 2.32 bits per heavy atom. The molecule has 0 bridgehead atoms. The number of amides is 1. The van der Waals surface area contributed by atoms with Crippen molar-refractivity contribution < 1.29 is 9.53 Å². The third-order valence-electron chi connectivity index (χ3n) is 3.49. The highest BCUT2D eigenvalue weighted by molar-refractivity contribution is 5.94. The van der Waals surface area contributed by atoms with Gasteiger partial charge < -0.3 is 10.1 Å². The van der Waals surface area contributed by atoms with E-state index in [1.807, 2.05) is 24.3 Å². The lowest BCUT2D eigenvalue weighted by molar-refractivity contribution is 0.0931. The minimum atomic E-state index is -0.247. The lowest BCUT2D eigenvalue weighted by Crippen LogP contribution is -2.34. The second kappa shape index (κ2) is 4.42. The second-order valence-electron chi connectivity index (χ2n) is 4.76. The molecule has 2 aromatic rings. The number of nitrogens with one attached hydrogen (secondary N) is 2. The molecule has 0 saturated heterocycles. The number of carbonyl (C=O) groups excluding carboxylic acids is 1. The quantitative estimate of drug-likeness (QED) is 0.878. The van der Waals surface area contributed by atoms with Crippen LogP contribution in [0.15, 0.2) is 36.7 Å². The van der Waals surface area contributed by atoms with Crippen LogP contribution in [0.5, 0.6) is 5.75 Å². The fourth-order valence-electron chi connectivity index (χ4n) is 2.20. The highest BCUT2D eigenvalue weighted by Crippen LogP contribution is 2.46. The molecule has 1 aromatic carbocycles. The molecule has 1 aromatic heterocycles. The third-order valence-corrected chi connectivity index (χ3v) is 3.49. The Balaban J connectivity index is 1.81. The lowest BCUT2D eigenvalue weighted by Gasteiger charge is -2.18. The minimum Gasteiger partial charge on any atom is -0.497 e. The van der Waals surface area contributed by atoms with Gasteiger partial charge in [0.2, 0.25) is 0 Å². The number of hydrogen-bond donors (Lipinski definition) is 2. The average Bonchev–Trinajstić information content (AvgIpc) is 3.02. The van der Waals surface area contributed by atoms with Crippen molar-refractivity contribution in [3.05, 3.63) is 47.8 Å². The number of nitrogens with zero attached hydrogens (tertiary/aromatic N) is 1. The molecule has 5 heteroatoms. The van der Waals surface area contributed by atoms with E-state index in [0.717, 1.165) is 24.2 Å². The van der Waals surface area contributed by atoms with Gasteiger partial charge in [-0.2, -0.15) is 5.10 Å². The molecule has 0 aliphatic heterocycles. The van der Waals surface area contributed by atoms with Crippen molar-refractivity contribution in [2.75, 3.05) is 7.11 Å². The highest BCUT2D eigenvalue weighted by atomic mass is 16.5. The van der Waals surface area contributed by atoms with Crippen molar-refractivity contribution in [1.82, 2.24) is 15.5 Å². The molecule has 1 amide bonds. The van der Waals surface area contributed by atoms with Gasteiger partial charge in [-0.15, -0.1) is 0 Å². The van der Waals surface area contributed by atoms with E-state index in [9.17, 15) is 4.79 Å². The molecule has 0 radical (unpaired) electrons. The van der Waals surface area contributed by atoms with E-state index < -0.39 is 0 Å². The van der Waals surface area contributed by atoms with Crippen LogP contribution in [0, 0.1) is 0 Å². The number of aromatic amines is 1. The van der Waals surface area contributed by atoms with Gasteiger partial charge in [0.05, 0.1) is 24.4 Å². The van der Waals surface area contributed by atoms with Crippen LogP contribution >= 0.6 is 0 Å². The first-order valence-electron chi connectivity index (χ1n) is 6.19. The summed E-state index contributed by atoms with van der Waals surface area (Å²) in [5.74, 6) is 0.704. The van der Waals surface area contributed by atoms with Gasteiger partial charge in [0.15, 0.2) is 0 Å². The SMILES string of the molecule is COc1cccc(C2(NC(=O)c3cn[nH]c3)CC2)c1. The van der Waals surface area contributed by atoms with Gasteiger partial charge in [-0.05, 0) is 30.5 Å². The maximum absolute atomic E-state index is 12.1. The zero-order valence-corrected chi connectivity index (χ0v) is 10.6. The monoisotopic (exact) mass is 257 g/mol. The number of hydrogen-bond acceptors (Lipinski definition) is 3. The van der Waals surface area contributed by atoms with E-state index in [0.29, 0.717) is 5.56 Å². The fourth-order valence-corrected chi connectivity index (χ4v) is 2.20. The molecule has 1 heterocycles. The number of carbonyl (C=O) groups is 1. The van der Waals surface area contributed by atoms with Gasteiger partial charge in [0.25, 0.3) is 5.91 Å². The zero-order valence-electron chi connectivity index (χ0n) is 10.6. The van der Waals surface area contributed by atoms with Gasteiger partial charge in [-0.25, -0.2) is 0 Å². The molecule has 2 N–H and O–H groups in total. The molecule has 1 aliphatic carbocycles. The summed E-state index contributed by atoms with van der Waals surface area (Å²) in [7, 11) is 1.64. The number of H-pyrrole nitrogens is 1. The van der Waals surface area contributed by atoms with Crippen molar-refractivity contribution in [1.29, 1.82) is 0 Å². The van der Waals surface area contributed by atoms with E-state index in [2.05, 4.69) is 15.5 Å². The maximum Gasteiger partial charge on any atom is 0.255 e. The normalized spacial score (nSPS) is 15.8. The van der Waals surface area contributed by atoms with Gasteiger partial charge in [-0.1, -0.05) is 12.1 Å². The first kappa shape index (κ1) is 11.8. The van der Waals surface area contributed by atoms with Crippen molar-refractivity contribution in [2.45, 2.75) is 18.4 Å². The van der Waals surface area contributed by atoms with Crippen molar-refractivity contribution in [3.8, 4) is 5.75 Å². The molecule has 1 fully saturated rings. The summed E-state index contributed by atoms with van der Waals surface area (Å²) in [6, 6.07) is 7.84. The predicted octanol–water partition coefficient (Wildman–Crippen LogP) is 1.84. The Morgan fingerprint density at radius 1 is 1.47 bits per heavy atom. The number of benzene rings is 1.